The van der Waals surface area contributed by atoms with E-state index in [1.54, 1.807) is 12.3 Å². The lowest BCUT2D eigenvalue weighted by Crippen LogP contribution is -3.00. The molecule has 2 fully saturated rings. The van der Waals surface area contributed by atoms with Crippen molar-refractivity contribution in [3.63, 3.8) is 0 Å². The summed E-state index contributed by atoms with van der Waals surface area (Å²) in [4.78, 5) is 26.8. The third-order valence-corrected chi connectivity index (χ3v) is 5.70. The molecular weight excluding hydrogens is 398 g/mol. The summed E-state index contributed by atoms with van der Waals surface area (Å²) in [7, 11) is 0. The summed E-state index contributed by atoms with van der Waals surface area (Å²) in [6.07, 6.45) is 9.47. The number of aromatic nitrogens is 2. The lowest BCUT2D eigenvalue weighted by molar-refractivity contribution is -0.771. The summed E-state index contributed by atoms with van der Waals surface area (Å²) in [5.41, 5.74) is 5.17. The fraction of sp³-hybridized carbons (Fsp3) is 0.750. The van der Waals surface area contributed by atoms with Gasteiger partial charge in [-0.2, -0.15) is 14.3 Å². The molecule has 29 heavy (non-hydrogen) atoms. The molecule has 0 spiro atoms. The largest absolute Gasteiger partial charge is 1.00 e. The molecule has 0 radical (unpaired) electrons. The van der Waals surface area contributed by atoms with Crippen LogP contribution in [-0.4, -0.2) is 30.5 Å². The SMILES string of the molecule is CCCCCC1CCC(C(=O)OCC2OCC([n+]3ccc(N)[nH]c3=O)O2)CC1.[Cl-]. The molecule has 2 unspecified atom stereocenters. The van der Waals surface area contributed by atoms with Crippen LogP contribution in [0.5, 0.6) is 0 Å². The zero-order valence-corrected chi connectivity index (χ0v) is 17.7. The molecule has 2 atom stereocenters. The lowest BCUT2D eigenvalue weighted by Gasteiger charge is -2.27. The van der Waals surface area contributed by atoms with E-state index in [4.69, 9.17) is 19.9 Å². The Kier molecular flexibility index (Phi) is 9.39. The molecule has 1 aromatic heterocycles. The highest BCUT2D eigenvalue weighted by atomic mass is 35.5. The van der Waals surface area contributed by atoms with Crippen LogP contribution in [0.2, 0.25) is 0 Å². The number of halogens is 1. The molecule has 1 saturated carbocycles. The fourth-order valence-electron chi connectivity index (χ4n) is 4.00. The molecule has 0 bridgehead atoms. The van der Waals surface area contributed by atoms with E-state index in [9.17, 15) is 9.59 Å². The molecule has 164 valence electrons. The predicted octanol–water partition coefficient (Wildman–Crippen LogP) is -0.950. The molecule has 1 aliphatic heterocycles. The molecule has 3 rings (SSSR count). The number of nitrogens with one attached hydrogen (secondary N) is 1. The van der Waals surface area contributed by atoms with Crippen molar-refractivity contribution in [3.05, 3.63) is 22.7 Å². The Bertz CT molecular complexity index is 706. The second-order valence-corrected chi connectivity index (χ2v) is 7.81. The molecule has 0 aromatic carbocycles. The number of nitrogens with zero attached hydrogens (tertiary/aromatic N) is 1. The number of esters is 1. The highest BCUT2D eigenvalue weighted by molar-refractivity contribution is 5.72. The van der Waals surface area contributed by atoms with Crippen molar-refractivity contribution in [2.45, 2.75) is 70.8 Å². The van der Waals surface area contributed by atoms with E-state index in [1.165, 1.54) is 30.3 Å². The minimum absolute atomic E-state index is 0. The number of rotatable bonds is 8. The number of carbonyl (C=O) groups is 1. The molecule has 2 aliphatic rings. The monoisotopic (exact) mass is 429 g/mol. The van der Waals surface area contributed by atoms with Crippen LogP contribution < -0.4 is 28.4 Å². The van der Waals surface area contributed by atoms with Crippen molar-refractivity contribution in [3.8, 4) is 0 Å². The van der Waals surface area contributed by atoms with Crippen molar-refractivity contribution < 1.29 is 36.0 Å². The van der Waals surface area contributed by atoms with Gasteiger partial charge in [0.25, 0.3) is 0 Å². The van der Waals surface area contributed by atoms with Gasteiger partial charge in [-0.05, 0) is 31.6 Å². The quantitative estimate of drug-likeness (QED) is 0.313. The van der Waals surface area contributed by atoms with Crippen LogP contribution in [0.3, 0.4) is 0 Å². The first-order valence-electron chi connectivity index (χ1n) is 10.4. The second kappa shape index (κ2) is 11.5. The summed E-state index contributed by atoms with van der Waals surface area (Å²) in [5, 5.41) is 0. The van der Waals surface area contributed by atoms with Gasteiger partial charge in [-0.25, -0.2) is 0 Å². The third-order valence-electron chi connectivity index (χ3n) is 5.70. The summed E-state index contributed by atoms with van der Waals surface area (Å²) in [6, 6.07) is 1.58. The van der Waals surface area contributed by atoms with Crippen molar-refractivity contribution in [1.29, 1.82) is 0 Å². The number of carbonyl (C=O) groups excluding carboxylic acids is 1. The fourth-order valence-corrected chi connectivity index (χ4v) is 4.00. The van der Waals surface area contributed by atoms with Gasteiger partial charge in [0.15, 0.2) is 12.1 Å². The zero-order valence-electron chi connectivity index (χ0n) is 17.0. The van der Waals surface area contributed by atoms with E-state index in [1.807, 2.05) is 0 Å². The van der Waals surface area contributed by atoms with Gasteiger partial charge in [0.2, 0.25) is 6.23 Å². The first kappa shape index (κ1) is 23.6. The molecule has 2 heterocycles. The van der Waals surface area contributed by atoms with E-state index in [0.717, 1.165) is 31.6 Å². The highest BCUT2D eigenvalue weighted by Crippen LogP contribution is 2.32. The molecule has 0 amide bonds. The normalized spacial score (nSPS) is 26.7. The summed E-state index contributed by atoms with van der Waals surface area (Å²) >= 11 is 0. The van der Waals surface area contributed by atoms with Gasteiger partial charge in [-0.15, -0.1) is 0 Å². The van der Waals surface area contributed by atoms with Crippen molar-refractivity contribution in [2.24, 2.45) is 11.8 Å². The lowest BCUT2D eigenvalue weighted by atomic mass is 9.80. The van der Waals surface area contributed by atoms with Gasteiger partial charge < -0.3 is 32.4 Å². The number of nitrogen functional groups attached to an aromatic ring is 1. The average molecular weight is 430 g/mol. The summed E-state index contributed by atoms with van der Waals surface area (Å²) in [5.74, 6) is 0.855. The molecule has 1 aliphatic carbocycles. The van der Waals surface area contributed by atoms with Crippen LogP contribution in [0.1, 0.15) is 64.5 Å². The van der Waals surface area contributed by atoms with E-state index in [2.05, 4.69) is 11.9 Å². The smallest absolute Gasteiger partial charge is 0.499 e. The van der Waals surface area contributed by atoms with E-state index >= 15 is 0 Å². The third kappa shape index (κ3) is 6.69. The van der Waals surface area contributed by atoms with E-state index < -0.39 is 12.5 Å². The number of hydrogen-bond donors (Lipinski definition) is 2. The van der Waals surface area contributed by atoms with Gasteiger partial charge in [-0.1, -0.05) is 32.6 Å². The Morgan fingerprint density at radius 1 is 1.31 bits per heavy atom. The Hall–Kier alpha value is -1.64. The molecule has 1 saturated heterocycles. The Morgan fingerprint density at radius 2 is 2.07 bits per heavy atom. The molecule has 3 N–H and O–H groups in total. The predicted molar refractivity (Wildman–Crippen MR) is 102 cm³/mol. The number of ether oxygens (including phenoxy) is 3. The zero-order chi connectivity index (χ0) is 19.9. The molecule has 8 nitrogen and oxygen atoms in total. The Balaban J connectivity index is 0.00000300. The van der Waals surface area contributed by atoms with E-state index in [-0.39, 0.29) is 49.0 Å². The number of anilines is 1. The van der Waals surface area contributed by atoms with Crippen LogP contribution in [0.25, 0.3) is 0 Å². The van der Waals surface area contributed by atoms with Gasteiger partial charge >= 0.3 is 11.7 Å². The first-order chi connectivity index (χ1) is 13.6. The van der Waals surface area contributed by atoms with E-state index in [0.29, 0.717) is 0 Å². The molecule has 1 aromatic rings. The van der Waals surface area contributed by atoms with Gasteiger partial charge in [-0.3, -0.25) is 4.79 Å². The number of nitrogens with two attached hydrogens (primary N) is 1. The standard InChI is InChI=1S/C20H31N3O5.ClH/c1-2-3-4-5-14-6-8-15(9-7-14)19(24)27-13-18-26-12-17(28-18)23-11-10-16(21)22-20(23)25;/h10-11,14-15,17-18H,2-9,12-13H2,1H3,(H2,21,22,25);1H. The second-order valence-electron chi connectivity index (χ2n) is 7.81. The molecular formula is C20H32ClN3O5. The van der Waals surface area contributed by atoms with Gasteiger partial charge in [0.05, 0.1) is 5.92 Å². The number of H-pyrrole nitrogens is 1. The Labute approximate surface area is 177 Å². The summed E-state index contributed by atoms with van der Waals surface area (Å²) in [6.45, 7) is 2.47. The van der Waals surface area contributed by atoms with Crippen LogP contribution in [0.15, 0.2) is 17.1 Å². The van der Waals surface area contributed by atoms with Crippen LogP contribution >= 0.6 is 0 Å². The van der Waals surface area contributed by atoms with Crippen LogP contribution in [0.4, 0.5) is 5.82 Å². The molecule has 9 heteroatoms. The first-order valence-corrected chi connectivity index (χ1v) is 10.4. The number of aromatic amines is 1. The average Bonchev–Trinajstić information content (AvgIpc) is 3.15. The van der Waals surface area contributed by atoms with Gasteiger partial charge in [0, 0.05) is 6.07 Å². The maximum atomic E-state index is 12.4. The maximum Gasteiger partial charge on any atom is 0.499 e. The number of unbranched alkanes of at least 4 members (excludes halogenated alkanes) is 2. The van der Waals surface area contributed by atoms with Crippen molar-refractivity contribution >= 4 is 11.8 Å². The minimum Gasteiger partial charge on any atom is -1.00 e. The minimum atomic E-state index is -0.663. The number of hydrogen-bond acceptors (Lipinski definition) is 6. The van der Waals surface area contributed by atoms with Gasteiger partial charge in [0.1, 0.15) is 19.4 Å². The van der Waals surface area contributed by atoms with Crippen LogP contribution in [-0.2, 0) is 19.0 Å². The maximum absolute atomic E-state index is 12.4. The topological polar surface area (TPSA) is 108 Å². The van der Waals surface area contributed by atoms with Crippen molar-refractivity contribution in [2.75, 3.05) is 18.9 Å². The Morgan fingerprint density at radius 3 is 2.76 bits per heavy atom. The van der Waals surface area contributed by atoms with Crippen molar-refractivity contribution in [1.82, 2.24) is 4.98 Å². The summed E-state index contributed by atoms with van der Waals surface area (Å²) < 4.78 is 18.0. The highest BCUT2D eigenvalue weighted by Gasteiger charge is 2.34. The van der Waals surface area contributed by atoms with Crippen LogP contribution in [0, 0.1) is 11.8 Å².